The Kier molecular flexibility index (Phi) is 5.86. The van der Waals surface area contributed by atoms with E-state index in [0.29, 0.717) is 17.4 Å². The van der Waals surface area contributed by atoms with Gasteiger partial charge in [-0.15, -0.1) is 0 Å². The van der Waals surface area contributed by atoms with Gasteiger partial charge in [0.15, 0.2) is 0 Å². The molecule has 1 aliphatic carbocycles. The largest absolute Gasteiger partial charge is 0.508 e. The molecule has 0 radical (unpaired) electrons. The monoisotopic (exact) mass is 482 g/mol. The number of nitrogens with two attached hydrogens (primary N) is 1. The van der Waals surface area contributed by atoms with Crippen molar-refractivity contribution in [2.24, 2.45) is 11.7 Å². The van der Waals surface area contributed by atoms with E-state index in [1.165, 1.54) is 10.6 Å². The highest BCUT2D eigenvalue weighted by Crippen LogP contribution is 2.40. The molecule has 1 aliphatic rings. The van der Waals surface area contributed by atoms with Crippen LogP contribution >= 0.6 is 12.6 Å². The number of phenols is 1. The number of rotatable bonds is 4. The van der Waals surface area contributed by atoms with Gasteiger partial charge in [-0.25, -0.2) is 13.8 Å². The molecular weight excluding hydrogens is 458 g/mol. The highest BCUT2D eigenvalue weighted by molar-refractivity contribution is 7.81. The van der Waals surface area contributed by atoms with Crippen LogP contribution in [0.25, 0.3) is 16.8 Å². The molecule has 0 saturated heterocycles. The molecule has 0 bridgehead atoms. The lowest BCUT2D eigenvalue weighted by Crippen LogP contribution is -2.41. The van der Waals surface area contributed by atoms with Crippen LogP contribution in [0, 0.1) is 17.6 Å². The zero-order valence-electron chi connectivity index (χ0n) is 18.4. The van der Waals surface area contributed by atoms with E-state index in [1.807, 2.05) is 6.07 Å². The van der Waals surface area contributed by atoms with E-state index in [9.17, 15) is 13.9 Å². The summed E-state index contributed by atoms with van der Waals surface area (Å²) in [5.41, 5.74) is 8.57. The van der Waals surface area contributed by atoms with Crippen LogP contribution in [0.2, 0.25) is 0 Å². The first-order valence-electron chi connectivity index (χ1n) is 11.0. The predicted molar refractivity (Wildman–Crippen MR) is 129 cm³/mol. The number of imidazole rings is 1. The van der Waals surface area contributed by atoms with Crippen LogP contribution in [-0.4, -0.2) is 36.0 Å². The minimum absolute atomic E-state index is 0.00955. The van der Waals surface area contributed by atoms with Gasteiger partial charge in [0, 0.05) is 29.6 Å². The number of hydrogen-bond donors (Lipinski definition) is 4. The van der Waals surface area contributed by atoms with E-state index in [-0.39, 0.29) is 28.5 Å². The van der Waals surface area contributed by atoms with Crippen LogP contribution in [0.15, 0.2) is 48.9 Å². The van der Waals surface area contributed by atoms with Crippen molar-refractivity contribution < 1.29 is 13.9 Å². The Bertz CT molecular complexity index is 1330. The molecule has 34 heavy (non-hydrogen) atoms. The van der Waals surface area contributed by atoms with Crippen molar-refractivity contribution in [1.29, 1.82) is 0 Å². The van der Waals surface area contributed by atoms with Crippen molar-refractivity contribution in [3.05, 3.63) is 66.1 Å². The van der Waals surface area contributed by atoms with E-state index in [1.54, 1.807) is 24.7 Å². The lowest BCUT2D eigenvalue weighted by atomic mass is 9.76. The molecule has 4 atom stereocenters. The van der Waals surface area contributed by atoms with Gasteiger partial charge in [-0.3, -0.25) is 4.98 Å². The van der Waals surface area contributed by atoms with Gasteiger partial charge in [-0.05, 0) is 48.4 Å². The number of pyridine rings is 1. The Morgan fingerprint density at radius 2 is 1.91 bits per heavy atom. The molecule has 176 valence electrons. The maximum Gasteiger partial charge on any atom is 0.229 e. The van der Waals surface area contributed by atoms with Crippen molar-refractivity contribution in [2.45, 2.75) is 37.0 Å². The summed E-state index contributed by atoms with van der Waals surface area (Å²) in [7, 11) is 0. The van der Waals surface area contributed by atoms with Crippen LogP contribution < -0.4 is 11.1 Å². The molecule has 1 aromatic carbocycles. The number of phenolic OH excluding ortho intramolecular Hbond substituents is 1. The van der Waals surface area contributed by atoms with Crippen LogP contribution in [0.3, 0.4) is 0 Å². The number of thiol groups is 1. The summed E-state index contributed by atoms with van der Waals surface area (Å²) >= 11 is 4.66. The summed E-state index contributed by atoms with van der Waals surface area (Å²) in [6.07, 6.45) is 6.84. The van der Waals surface area contributed by atoms with Crippen molar-refractivity contribution in [3.63, 3.8) is 0 Å². The van der Waals surface area contributed by atoms with Gasteiger partial charge in [-0.1, -0.05) is 6.92 Å². The molecule has 7 nitrogen and oxygen atoms in total. The Morgan fingerprint density at radius 1 is 1.15 bits per heavy atom. The summed E-state index contributed by atoms with van der Waals surface area (Å²) in [4.78, 5) is 8.67. The maximum absolute atomic E-state index is 14.4. The minimum Gasteiger partial charge on any atom is -0.508 e. The second kappa shape index (κ2) is 8.84. The first-order chi connectivity index (χ1) is 16.3. The number of halogens is 2. The fourth-order valence-corrected chi connectivity index (χ4v) is 4.96. The molecule has 3 heterocycles. The lowest BCUT2D eigenvalue weighted by molar-refractivity contribution is 0.321. The third-order valence-electron chi connectivity index (χ3n) is 6.44. The zero-order chi connectivity index (χ0) is 24.0. The van der Waals surface area contributed by atoms with Crippen LogP contribution in [-0.2, 0) is 0 Å². The van der Waals surface area contributed by atoms with Crippen LogP contribution in [0.5, 0.6) is 5.75 Å². The van der Waals surface area contributed by atoms with Gasteiger partial charge in [0.05, 0.1) is 34.9 Å². The molecule has 1 fully saturated rings. The fourth-order valence-electron chi connectivity index (χ4n) is 4.72. The maximum atomic E-state index is 14.4. The highest BCUT2D eigenvalue weighted by Gasteiger charge is 2.33. The SMILES string of the molecule is CC1CC(c2ccncc2Nc2ncc3ccc(-c4c(F)cc(O)cc4F)nn23)CC(N)C1S. The van der Waals surface area contributed by atoms with E-state index >= 15 is 0 Å². The number of nitrogens with zero attached hydrogens (tertiary/aromatic N) is 4. The number of fused-ring (bicyclic) bond motifs is 1. The Hall–Kier alpha value is -3.24. The molecule has 10 heteroatoms. The number of aromatic hydroxyl groups is 1. The highest BCUT2D eigenvalue weighted by atomic mass is 32.1. The van der Waals surface area contributed by atoms with Gasteiger partial charge in [0.25, 0.3) is 0 Å². The summed E-state index contributed by atoms with van der Waals surface area (Å²) in [6, 6.07) is 6.85. The normalized spacial score (nSPS) is 22.7. The van der Waals surface area contributed by atoms with Crippen molar-refractivity contribution >= 4 is 29.8 Å². The van der Waals surface area contributed by atoms with E-state index in [0.717, 1.165) is 36.2 Å². The minimum atomic E-state index is -0.904. The van der Waals surface area contributed by atoms with Gasteiger partial charge in [0.2, 0.25) is 5.95 Å². The van der Waals surface area contributed by atoms with Crippen molar-refractivity contribution in [3.8, 4) is 17.0 Å². The number of aromatic nitrogens is 4. The molecule has 0 amide bonds. The summed E-state index contributed by atoms with van der Waals surface area (Å²) in [5.74, 6) is -1.32. The van der Waals surface area contributed by atoms with E-state index < -0.39 is 17.4 Å². The second-order valence-electron chi connectivity index (χ2n) is 8.81. The van der Waals surface area contributed by atoms with Gasteiger partial charge < -0.3 is 16.2 Å². The molecule has 1 saturated carbocycles. The Morgan fingerprint density at radius 3 is 2.65 bits per heavy atom. The van der Waals surface area contributed by atoms with E-state index in [4.69, 9.17) is 5.73 Å². The van der Waals surface area contributed by atoms with Crippen molar-refractivity contribution in [1.82, 2.24) is 19.6 Å². The predicted octanol–water partition coefficient (Wildman–Crippen LogP) is 4.66. The smallest absolute Gasteiger partial charge is 0.229 e. The average molecular weight is 483 g/mol. The summed E-state index contributed by atoms with van der Waals surface area (Å²) < 4.78 is 30.3. The Labute approximate surface area is 200 Å². The molecule has 0 spiro atoms. The third-order valence-corrected chi connectivity index (χ3v) is 7.33. The molecule has 5 rings (SSSR count). The quantitative estimate of drug-likeness (QED) is 0.316. The first-order valence-corrected chi connectivity index (χ1v) is 11.5. The van der Waals surface area contributed by atoms with Crippen molar-refractivity contribution in [2.75, 3.05) is 5.32 Å². The van der Waals surface area contributed by atoms with Crippen LogP contribution in [0.4, 0.5) is 20.4 Å². The molecule has 0 aliphatic heterocycles. The molecular formula is C24H24F2N6OS. The third kappa shape index (κ3) is 4.07. The molecule has 4 unspecified atom stereocenters. The standard InChI is InChI=1S/C24H24F2N6OS/c1-12-6-13(7-19(27)23(12)34)16-4-5-28-11-21(16)30-24-29-10-14-2-3-20(31-32(14)24)22-17(25)8-15(33)9-18(22)26/h2-5,8-13,19,23,33-34H,6-7,27H2,1H3,(H,29,30). The number of anilines is 2. The second-order valence-corrected chi connectivity index (χ2v) is 9.41. The first kappa shape index (κ1) is 22.5. The molecule has 4 aromatic rings. The summed E-state index contributed by atoms with van der Waals surface area (Å²) in [6.45, 7) is 2.16. The van der Waals surface area contributed by atoms with Crippen LogP contribution in [0.1, 0.15) is 31.2 Å². The zero-order valence-corrected chi connectivity index (χ0v) is 19.3. The lowest BCUT2D eigenvalue weighted by Gasteiger charge is -2.37. The number of nitrogens with one attached hydrogen (secondary N) is 1. The molecule has 3 aromatic heterocycles. The van der Waals surface area contributed by atoms with Gasteiger partial charge in [-0.2, -0.15) is 22.2 Å². The summed E-state index contributed by atoms with van der Waals surface area (Å²) in [5, 5.41) is 17.3. The number of benzene rings is 1. The average Bonchev–Trinajstić information content (AvgIpc) is 3.19. The Balaban J connectivity index is 1.51. The fraction of sp³-hybridized carbons (Fsp3) is 0.292. The van der Waals surface area contributed by atoms with E-state index in [2.05, 4.69) is 39.9 Å². The van der Waals surface area contributed by atoms with Gasteiger partial charge >= 0.3 is 0 Å². The van der Waals surface area contributed by atoms with Gasteiger partial charge in [0.1, 0.15) is 17.4 Å². The topological polar surface area (TPSA) is 101 Å². The molecule has 4 N–H and O–H groups in total. The number of hydrogen-bond acceptors (Lipinski definition) is 7.